The number of imidazole rings is 1. The zero-order chi connectivity index (χ0) is 14.3. The lowest BCUT2D eigenvalue weighted by Gasteiger charge is -2.34. The van der Waals surface area contributed by atoms with Crippen molar-refractivity contribution in [1.82, 2.24) is 19.8 Å². The summed E-state index contributed by atoms with van der Waals surface area (Å²) >= 11 is 0. The van der Waals surface area contributed by atoms with Crippen LogP contribution in [0, 0.1) is 0 Å². The highest BCUT2D eigenvalue weighted by atomic mass is 15.2. The van der Waals surface area contributed by atoms with Crippen LogP contribution in [0.5, 0.6) is 0 Å². The Kier molecular flexibility index (Phi) is 3.63. The van der Waals surface area contributed by atoms with Crippen molar-refractivity contribution in [1.29, 1.82) is 0 Å². The predicted octanol–water partition coefficient (Wildman–Crippen LogP) is 2.09. The van der Waals surface area contributed by atoms with Crippen LogP contribution in [-0.4, -0.2) is 41.1 Å². The largest absolute Gasteiger partial charge is 0.328 e. The van der Waals surface area contributed by atoms with E-state index in [1.165, 1.54) is 43.1 Å². The van der Waals surface area contributed by atoms with E-state index in [0.717, 1.165) is 19.5 Å². The molecule has 0 atom stereocenters. The first kappa shape index (κ1) is 14.1. The van der Waals surface area contributed by atoms with Crippen molar-refractivity contribution in [2.45, 2.75) is 58.0 Å². The van der Waals surface area contributed by atoms with Gasteiger partial charge in [-0.1, -0.05) is 20.8 Å². The van der Waals surface area contributed by atoms with E-state index in [0.29, 0.717) is 6.04 Å². The van der Waals surface area contributed by atoms with Crippen molar-refractivity contribution in [2.24, 2.45) is 0 Å². The van der Waals surface area contributed by atoms with Gasteiger partial charge in [-0.15, -0.1) is 0 Å². The maximum Gasteiger partial charge on any atom is 0.114 e. The van der Waals surface area contributed by atoms with Gasteiger partial charge in [0.1, 0.15) is 5.82 Å². The number of nitrogens with zero attached hydrogens (tertiary/aromatic N) is 3. The molecular weight excluding hydrogens is 248 g/mol. The lowest BCUT2D eigenvalue weighted by molar-refractivity contribution is 0.213. The molecule has 1 aromatic heterocycles. The zero-order valence-corrected chi connectivity index (χ0v) is 13.4. The molecule has 1 saturated heterocycles. The summed E-state index contributed by atoms with van der Waals surface area (Å²) in [5.41, 5.74) is 2.92. The molecule has 4 nitrogen and oxygen atoms in total. The monoisotopic (exact) mass is 276 g/mol. The fourth-order valence-corrected chi connectivity index (χ4v) is 3.51. The summed E-state index contributed by atoms with van der Waals surface area (Å²) in [5, 5.41) is 3.46. The van der Waals surface area contributed by atoms with E-state index < -0.39 is 0 Å². The van der Waals surface area contributed by atoms with E-state index in [1.54, 1.807) is 0 Å². The maximum atomic E-state index is 5.00. The van der Waals surface area contributed by atoms with Crippen LogP contribution in [0.1, 0.15) is 56.9 Å². The van der Waals surface area contributed by atoms with E-state index in [-0.39, 0.29) is 5.41 Å². The standard InChI is InChI=1S/C16H28N4/c1-16(2,3)15-18-13-11-17-8-5-14(13)20(15)12-6-9-19(4)10-7-12/h12,17H,5-11H2,1-4H3. The summed E-state index contributed by atoms with van der Waals surface area (Å²) in [6.07, 6.45) is 3.65. The molecule has 3 rings (SSSR count). The molecule has 0 saturated carbocycles. The van der Waals surface area contributed by atoms with E-state index in [9.17, 15) is 0 Å². The van der Waals surface area contributed by atoms with Crippen LogP contribution in [0.25, 0.3) is 0 Å². The highest BCUT2D eigenvalue weighted by molar-refractivity contribution is 5.24. The molecule has 2 aliphatic heterocycles. The summed E-state index contributed by atoms with van der Waals surface area (Å²) in [7, 11) is 2.23. The summed E-state index contributed by atoms with van der Waals surface area (Å²) in [6.45, 7) is 11.3. The van der Waals surface area contributed by atoms with Crippen LogP contribution in [0.15, 0.2) is 0 Å². The Morgan fingerprint density at radius 2 is 1.90 bits per heavy atom. The number of fused-ring (bicyclic) bond motifs is 1. The van der Waals surface area contributed by atoms with E-state index in [1.807, 2.05) is 0 Å². The summed E-state index contributed by atoms with van der Waals surface area (Å²) < 4.78 is 2.61. The van der Waals surface area contributed by atoms with Gasteiger partial charge in [0, 0.05) is 36.7 Å². The van der Waals surface area contributed by atoms with Crippen molar-refractivity contribution in [3.8, 4) is 0 Å². The fraction of sp³-hybridized carbons (Fsp3) is 0.812. The maximum absolute atomic E-state index is 5.00. The van der Waals surface area contributed by atoms with Crippen molar-refractivity contribution >= 4 is 0 Å². The Hall–Kier alpha value is -0.870. The second kappa shape index (κ2) is 5.15. The van der Waals surface area contributed by atoms with Crippen molar-refractivity contribution < 1.29 is 0 Å². The van der Waals surface area contributed by atoms with Gasteiger partial charge in [-0.25, -0.2) is 4.98 Å². The Morgan fingerprint density at radius 1 is 1.20 bits per heavy atom. The molecule has 1 fully saturated rings. The van der Waals surface area contributed by atoms with E-state index in [4.69, 9.17) is 4.98 Å². The topological polar surface area (TPSA) is 33.1 Å². The molecule has 4 heteroatoms. The van der Waals surface area contributed by atoms with Crippen LogP contribution in [0.2, 0.25) is 0 Å². The van der Waals surface area contributed by atoms with Gasteiger partial charge < -0.3 is 14.8 Å². The third kappa shape index (κ3) is 2.51. The third-order valence-electron chi connectivity index (χ3n) is 4.65. The first-order valence-electron chi connectivity index (χ1n) is 7.96. The minimum absolute atomic E-state index is 0.126. The summed E-state index contributed by atoms with van der Waals surface area (Å²) in [6, 6.07) is 0.648. The van der Waals surface area contributed by atoms with Gasteiger partial charge in [0.2, 0.25) is 0 Å². The van der Waals surface area contributed by atoms with Crippen LogP contribution in [0.3, 0.4) is 0 Å². The molecule has 0 amide bonds. The summed E-state index contributed by atoms with van der Waals surface area (Å²) in [4.78, 5) is 7.45. The molecule has 3 heterocycles. The number of nitrogens with one attached hydrogen (secondary N) is 1. The second-order valence-corrected chi connectivity index (χ2v) is 7.41. The average molecular weight is 276 g/mol. The molecule has 1 N–H and O–H groups in total. The molecule has 20 heavy (non-hydrogen) atoms. The van der Waals surface area contributed by atoms with Crippen molar-refractivity contribution in [2.75, 3.05) is 26.7 Å². The van der Waals surface area contributed by atoms with Crippen LogP contribution < -0.4 is 5.32 Å². The Balaban J connectivity index is 2.00. The lowest BCUT2D eigenvalue weighted by Crippen LogP contribution is -2.35. The number of aromatic nitrogens is 2. The Morgan fingerprint density at radius 3 is 2.55 bits per heavy atom. The molecule has 1 aromatic rings. The number of hydrogen-bond donors (Lipinski definition) is 1. The molecule has 0 bridgehead atoms. The fourth-order valence-electron chi connectivity index (χ4n) is 3.51. The summed E-state index contributed by atoms with van der Waals surface area (Å²) in [5.74, 6) is 1.29. The van der Waals surface area contributed by atoms with Gasteiger partial charge in [0.15, 0.2) is 0 Å². The van der Waals surface area contributed by atoms with Crippen LogP contribution in [0.4, 0.5) is 0 Å². The van der Waals surface area contributed by atoms with Gasteiger partial charge in [0.25, 0.3) is 0 Å². The molecule has 0 aliphatic carbocycles. The van der Waals surface area contributed by atoms with E-state index in [2.05, 4.69) is 42.6 Å². The molecule has 0 unspecified atom stereocenters. The SMILES string of the molecule is CN1CCC(n2c(C(C)(C)C)nc3c2CCNC3)CC1. The average Bonchev–Trinajstić information content (AvgIpc) is 2.79. The third-order valence-corrected chi connectivity index (χ3v) is 4.65. The quantitative estimate of drug-likeness (QED) is 0.852. The van der Waals surface area contributed by atoms with Crippen LogP contribution in [-0.2, 0) is 18.4 Å². The number of piperidine rings is 1. The van der Waals surface area contributed by atoms with Crippen molar-refractivity contribution in [3.63, 3.8) is 0 Å². The molecular formula is C16H28N4. The van der Waals surface area contributed by atoms with Gasteiger partial charge in [-0.05, 0) is 33.0 Å². The number of likely N-dealkylation sites (tertiary alicyclic amines) is 1. The minimum atomic E-state index is 0.126. The highest BCUT2D eigenvalue weighted by Crippen LogP contribution is 2.33. The van der Waals surface area contributed by atoms with Crippen molar-refractivity contribution in [3.05, 3.63) is 17.2 Å². The lowest BCUT2D eigenvalue weighted by atomic mass is 9.94. The molecule has 2 aliphatic rings. The molecule has 112 valence electrons. The van der Waals surface area contributed by atoms with Gasteiger partial charge >= 0.3 is 0 Å². The molecule has 0 aromatic carbocycles. The van der Waals surface area contributed by atoms with Crippen LogP contribution >= 0.6 is 0 Å². The predicted molar refractivity (Wildman–Crippen MR) is 82.1 cm³/mol. The smallest absolute Gasteiger partial charge is 0.114 e. The second-order valence-electron chi connectivity index (χ2n) is 7.41. The van der Waals surface area contributed by atoms with Gasteiger partial charge in [-0.2, -0.15) is 0 Å². The number of rotatable bonds is 1. The van der Waals surface area contributed by atoms with Gasteiger partial charge in [0.05, 0.1) is 5.69 Å². The minimum Gasteiger partial charge on any atom is -0.328 e. The molecule has 0 radical (unpaired) electrons. The Bertz CT molecular complexity index is 475. The zero-order valence-electron chi connectivity index (χ0n) is 13.4. The van der Waals surface area contributed by atoms with Gasteiger partial charge in [-0.3, -0.25) is 0 Å². The van der Waals surface area contributed by atoms with E-state index >= 15 is 0 Å². The molecule has 0 spiro atoms. The highest BCUT2D eigenvalue weighted by Gasteiger charge is 2.31. The Labute approximate surface area is 122 Å². The first-order chi connectivity index (χ1) is 9.47. The number of hydrogen-bond acceptors (Lipinski definition) is 3. The first-order valence-corrected chi connectivity index (χ1v) is 7.96. The normalized spacial score (nSPS) is 22.0.